The molecule has 0 fully saturated rings. The molecule has 3 aromatic carbocycles. The van der Waals surface area contributed by atoms with Gasteiger partial charge in [0.25, 0.3) is 0 Å². The van der Waals surface area contributed by atoms with Gasteiger partial charge in [-0.25, -0.2) is 4.57 Å². The van der Waals surface area contributed by atoms with Gasteiger partial charge in [0, 0.05) is 18.6 Å². The van der Waals surface area contributed by atoms with Crippen LogP contribution in [0.3, 0.4) is 0 Å². The standard InChI is InChI=1S/C50H70N/c1-4-6-8-10-12-13-14-15-16-17-18-19-20-22-30-45-46-31-23-25-33-48(46)50(49-34-26-24-32-47(45)49)35-28-29-43(3)36-37-44-38-41-51(42-39-44)40-27-21-11-9-7-5-2/h23-26,28-29,31-39,41-42H,4-22,27,30,40H2,1-3H3/q+1/b35-28+,37-36+,43-29+. The van der Waals surface area contributed by atoms with Gasteiger partial charge < -0.3 is 0 Å². The van der Waals surface area contributed by atoms with Gasteiger partial charge in [0.15, 0.2) is 12.4 Å². The van der Waals surface area contributed by atoms with E-state index < -0.39 is 0 Å². The first-order valence-corrected chi connectivity index (χ1v) is 21.2. The molecule has 0 spiro atoms. The molecule has 1 nitrogen and oxygen atoms in total. The van der Waals surface area contributed by atoms with Gasteiger partial charge in [0.1, 0.15) is 6.54 Å². The average molecular weight is 685 g/mol. The SMILES string of the molecule is CCCCCCCCCCCCCCCCc1c2ccccc2c(/C=C/C=C(C)/C=C/c2cc[n+](CCCCCCCC)cc2)c2ccccc12. The van der Waals surface area contributed by atoms with Crippen molar-refractivity contribution in [1.29, 1.82) is 0 Å². The van der Waals surface area contributed by atoms with Crippen LogP contribution in [0, 0.1) is 0 Å². The van der Waals surface area contributed by atoms with Gasteiger partial charge in [0.2, 0.25) is 0 Å². The summed E-state index contributed by atoms with van der Waals surface area (Å²) in [5.41, 5.74) is 5.36. The van der Waals surface area contributed by atoms with Crippen molar-refractivity contribution in [3.63, 3.8) is 0 Å². The molecule has 4 rings (SSSR count). The second-order valence-corrected chi connectivity index (χ2v) is 15.1. The highest BCUT2D eigenvalue weighted by molar-refractivity contribution is 6.09. The van der Waals surface area contributed by atoms with E-state index in [0.29, 0.717) is 0 Å². The normalized spacial score (nSPS) is 12.3. The summed E-state index contributed by atoms with van der Waals surface area (Å²) in [5.74, 6) is 0. The first-order valence-electron chi connectivity index (χ1n) is 21.2. The van der Waals surface area contributed by atoms with Crippen molar-refractivity contribution in [2.45, 2.75) is 162 Å². The fourth-order valence-electron chi connectivity index (χ4n) is 7.58. The third-order valence-corrected chi connectivity index (χ3v) is 10.7. The van der Waals surface area contributed by atoms with Gasteiger partial charge in [-0.2, -0.15) is 0 Å². The Morgan fingerprint density at radius 3 is 1.47 bits per heavy atom. The van der Waals surface area contributed by atoms with Crippen molar-refractivity contribution in [3.05, 3.63) is 114 Å². The molecule has 0 unspecified atom stereocenters. The van der Waals surface area contributed by atoms with Crippen molar-refractivity contribution in [3.8, 4) is 0 Å². The molecule has 274 valence electrons. The molecule has 4 aromatic rings. The maximum absolute atomic E-state index is 2.35. The second-order valence-electron chi connectivity index (χ2n) is 15.1. The molecular weight excluding hydrogens is 615 g/mol. The Morgan fingerprint density at radius 2 is 0.961 bits per heavy atom. The smallest absolute Gasteiger partial charge is 0.169 e. The number of rotatable bonds is 26. The highest BCUT2D eigenvalue weighted by Crippen LogP contribution is 2.35. The van der Waals surface area contributed by atoms with Crippen molar-refractivity contribution in [2.24, 2.45) is 0 Å². The molecule has 0 atom stereocenters. The van der Waals surface area contributed by atoms with Gasteiger partial charge in [-0.15, -0.1) is 0 Å². The van der Waals surface area contributed by atoms with E-state index in [1.165, 1.54) is 172 Å². The van der Waals surface area contributed by atoms with Gasteiger partial charge in [-0.1, -0.05) is 207 Å². The molecule has 0 saturated heterocycles. The molecule has 0 aliphatic carbocycles. The van der Waals surface area contributed by atoms with E-state index in [1.54, 1.807) is 0 Å². The van der Waals surface area contributed by atoms with E-state index in [4.69, 9.17) is 0 Å². The maximum Gasteiger partial charge on any atom is 0.169 e. The Balaban J connectivity index is 1.29. The lowest BCUT2D eigenvalue weighted by molar-refractivity contribution is -0.697. The molecular formula is C50H70N+. The Kier molecular flexibility index (Phi) is 19.5. The maximum atomic E-state index is 2.35. The molecule has 1 heterocycles. The van der Waals surface area contributed by atoms with Crippen LogP contribution in [0.4, 0.5) is 0 Å². The molecule has 0 N–H and O–H groups in total. The fraction of sp³-hybridized carbons (Fsp3) is 0.500. The van der Waals surface area contributed by atoms with E-state index >= 15 is 0 Å². The van der Waals surface area contributed by atoms with Crippen LogP contribution in [0.25, 0.3) is 33.7 Å². The minimum absolute atomic E-state index is 1.11. The average Bonchev–Trinajstić information content (AvgIpc) is 3.16. The van der Waals surface area contributed by atoms with E-state index in [2.05, 4.69) is 129 Å². The lowest BCUT2D eigenvalue weighted by Crippen LogP contribution is -2.32. The number of pyridine rings is 1. The summed E-state index contributed by atoms with van der Waals surface area (Å²) in [5, 5.41) is 5.58. The number of aromatic nitrogens is 1. The number of nitrogens with zero attached hydrogens (tertiary/aromatic N) is 1. The Morgan fingerprint density at radius 1 is 0.510 bits per heavy atom. The molecule has 0 amide bonds. The molecule has 51 heavy (non-hydrogen) atoms. The highest BCUT2D eigenvalue weighted by Gasteiger charge is 2.12. The van der Waals surface area contributed by atoms with Crippen LogP contribution in [0.5, 0.6) is 0 Å². The second kappa shape index (κ2) is 24.7. The van der Waals surface area contributed by atoms with Gasteiger partial charge in [-0.3, -0.25) is 0 Å². The zero-order valence-electron chi connectivity index (χ0n) is 32.8. The number of benzene rings is 3. The summed E-state index contributed by atoms with van der Waals surface area (Å²) < 4.78 is 2.32. The number of allylic oxidation sites excluding steroid dienone is 4. The van der Waals surface area contributed by atoms with E-state index in [1.807, 2.05) is 0 Å². The Hall–Kier alpha value is -3.45. The summed E-state index contributed by atoms with van der Waals surface area (Å²) in [6, 6.07) is 22.6. The molecule has 0 saturated carbocycles. The third kappa shape index (κ3) is 14.6. The minimum atomic E-state index is 1.11. The van der Waals surface area contributed by atoms with Crippen LogP contribution in [-0.4, -0.2) is 0 Å². The quantitative estimate of drug-likeness (QED) is 0.0268. The van der Waals surface area contributed by atoms with Crippen LogP contribution >= 0.6 is 0 Å². The van der Waals surface area contributed by atoms with E-state index in [-0.39, 0.29) is 0 Å². The van der Waals surface area contributed by atoms with E-state index in [0.717, 1.165) is 13.0 Å². The largest absolute Gasteiger partial charge is 0.205 e. The monoisotopic (exact) mass is 685 g/mol. The Bertz CT molecular complexity index is 1560. The van der Waals surface area contributed by atoms with Crippen LogP contribution in [-0.2, 0) is 13.0 Å². The van der Waals surface area contributed by atoms with Gasteiger partial charge >= 0.3 is 0 Å². The topological polar surface area (TPSA) is 3.88 Å². The number of fused-ring (bicyclic) bond motifs is 2. The van der Waals surface area contributed by atoms with Gasteiger partial charge in [-0.05, 0) is 64.4 Å². The fourth-order valence-corrected chi connectivity index (χ4v) is 7.58. The number of aryl methyl sites for hydroxylation is 2. The summed E-state index contributed by atoms with van der Waals surface area (Å²) >= 11 is 0. The summed E-state index contributed by atoms with van der Waals surface area (Å²) in [6.45, 7) is 7.89. The third-order valence-electron chi connectivity index (χ3n) is 10.7. The molecule has 0 bridgehead atoms. The lowest BCUT2D eigenvalue weighted by Gasteiger charge is -2.15. The molecule has 0 aliphatic rings. The zero-order chi connectivity index (χ0) is 35.8. The predicted octanol–water partition coefficient (Wildman–Crippen LogP) is 15.3. The van der Waals surface area contributed by atoms with Crippen molar-refractivity contribution >= 4 is 33.7 Å². The predicted molar refractivity (Wildman–Crippen MR) is 227 cm³/mol. The molecule has 0 radical (unpaired) electrons. The summed E-state index contributed by atoms with van der Waals surface area (Å²) in [6.07, 6.45) is 44.6. The summed E-state index contributed by atoms with van der Waals surface area (Å²) in [4.78, 5) is 0. The number of hydrogen-bond acceptors (Lipinski definition) is 0. The highest BCUT2D eigenvalue weighted by atomic mass is 14.9. The molecule has 0 aliphatic heterocycles. The van der Waals surface area contributed by atoms with Crippen LogP contribution in [0.1, 0.15) is 166 Å². The Labute approximate surface area is 313 Å². The van der Waals surface area contributed by atoms with Crippen molar-refractivity contribution < 1.29 is 4.57 Å². The molecule has 1 heteroatoms. The van der Waals surface area contributed by atoms with E-state index in [9.17, 15) is 0 Å². The van der Waals surface area contributed by atoms with Crippen molar-refractivity contribution in [1.82, 2.24) is 0 Å². The lowest BCUT2D eigenvalue weighted by atomic mass is 9.89. The van der Waals surface area contributed by atoms with Crippen LogP contribution in [0.15, 0.2) is 96.9 Å². The van der Waals surface area contributed by atoms with Crippen LogP contribution < -0.4 is 4.57 Å². The molecule has 1 aromatic heterocycles. The van der Waals surface area contributed by atoms with Crippen LogP contribution in [0.2, 0.25) is 0 Å². The first kappa shape index (κ1) is 40.3. The van der Waals surface area contributed by atoms with Gasteiger partial charge in [0.05, 0.1) is 0 Å². The summed E-state index contributed by atoms with van der Waals surface area (Å²) in [7, 11) is 0. The number of hydrogen-bond donors (Lipinski definition) is 0. The van der Waals surface area contributed by atoms with Crippen molar-refractivity contribution in [2.75, 3.05) is 0 Å². The minimum Gasteiger partial charge on any atom is -0.205 e. The zero-order valence-corrected chi connectivity index (χ0v) is 32.8. The number of unbranched alkanes of at least 4 members (excludes halogenated alkanes) is 18. The first-order chi connectivity index (χ1) is 25.2.